The molecule has 294 valence electrons. The maximum Gasteiger partial charge on any atom is 0.490 e. The zero-order valence-electron chi connectivity index (χ0n) is 28.3. The van der Waals surface area contributed by atoms with Gasteiger partial charge in [-0.25, -0.2) is 18.4 Å². The number of aliphatic carboxylic acids is 2. The van der Waals surface area contributed by atoms with E-state index in [0.717, 1.165) is 54.7 Å². The number of alkyl halides is 6. The van der Waals surface area contributed by atoms with Crippen molar-refractivity contribution in [3.63, 3.8) is 0 Å². The van der Waals surface area contributed by atoms with E-state index in [9.17, 15) is 49.8 Å². The highest BCUT2D eigenvalue weighted by Crippen LogP contribution is 2.25. The van der Waals surface area contributed by atoms with Crippen molar-refractivity contribution in [3.8, 4) is 5.75 Å². The molecule has 0 radical (unpaired) electrons. The molecular weight excluding hydrogens is 728 g/mol. The minimum atomic E-state index is -5.08. The highest BCUT2D eigenvalue weighted by Gasteiger charge is 2.39. The zero-order valence-corrected chi connectivity index (χ0v) is 28.3. The second kappa shape index (κ2) is 21.1. The molecule has 1 aliphatic rings. The number of hydrogen-bond acceptors (Lipinski definition) is 7. The lowest BCUT2D eigenvalue weighted by Gasteiger charge is -2.34. The molecule has 1 aliphatic carbocycles. The summed E-state index contributed by atoms with van der Waals surface area (Å²) in [5, 5.41) is 31.9. The predicted molar refractivity (Wildman–Crippen MR) is 176 cm³/mol. The van der Waals surface area contributed by atoms with Crippen LogP contribution in [0.15, 0.2) is 47.3 Å². The Balaban J connectivity index is 0.000000587. The summed E-state index contributed by atoms with van der Waals surface area (Å²) in [6.07, 6.45) is -2.91. The molecule has 2 aromatic carbocycles. The molecule has 0 bridgehead atoms. The number of fused-ring (bicyclic) bond motifs is 1. The number of nitrogens with one attached hydrogen (secondary N) is 3. The van der Waals surface area contributed by atoms with Crippen LogP contribution in [0.1, 0.15) is 49.7 Å². The summed E-state index contributed by atoms with van der Waals surface area (Å²) < 4.78 is 89.9. The summed E-state index contributed by atoms with van der Waals surface area (Å²) in [5.74, 6) is -7.01. The third-order valence-electron chi connectivity index (χ3n) is 7.97. The first-order valence-corrected chi connectivity index (χ1v) is 16.4. The highest BCUT2D eigenvalue weighted by molar-refractivity contribution is 5.87. The molecule has 6 N–H and O–H groups in total. The molecule has 4 rings (SSSR count). The molecule has 0 aliphatic heterocycles. The van der Waals surface area contributed by atoms with Crippen molar-refractivity contribution in [2.75, 3.05) is 32.7 Å². The number of nitrogens with zero attached hydrogens (tertiary/aromatic N) is 1. The summed E-state index contributed by atoms with van der Waals surface area (Å²) >= 11 is 0. The van der Waals surface area contributed by atoms with Crippen molar-refractivity contribution in [2.24, 2.45) is 0 Å². The number of halogens is 8. The van der Waals surface area contributed by atoms with Crippen LogP contribution >= 0.6 is 0 Å². The average Bonchev–Trinajstić information content (AvgIpc) is 3.08. The fourth-order valence-corrected chi connectivity index (χ4v) is 5.36. The Bertz CT molecular complexity index is 1690. The molecule has 11 nitrogen and oxygen atoms in total. The van der Waals surface area contributed by atoms with E-state index in [0.29, 0.717) is 51.1 Å². The number of rotatable bonds is 13. The van der Waals surface area contributed by atoms with E-state index >= 15 is 0 Å². The molecule has 0 atom stereocenters. The van der Waals surface area contributed by atoms with Gasteiger partial charge in [0.2, 0.25) is 11.5 Å². The van der Waals surface area contributed by atoms with E-state index in [1.54, 1.807) is 18.2 Å². The number of pyridine rings is 1. The van der Waals surface area contributed by atoms with Gasteiger partial charge in [-0.05, 0) is 74.2 Å². The van der Waals surface area contributed by atoms with E-state index in [1.807, 2.05) is 11.0 Å². The van der Waals surface area contributed by atoms with Gasteiger partial charge in [0, 0.05) is 43.5 Å². The van der Waals surface area contributed by atoms with Gasteiger partial charge in [0.25, 0.3) is 0 Å². The fourth-order valence-electron chi connectivity index (χ4n) is 5.36. The van der Waals surface area contributed by atoms with E-state index in [4.69, 9.17) is 19.8 Å². The Labute approximate surface area is 298 Å². The SMILES string of the molecule is O=C(CCNCCc1ccc(F)c(F)c1)N(CCNCCc1ccc(O)c2[nH]c(=O)ccc12)C1CCCCC1.O=C(O)C(F)(F)F.O=C(O)C(F)(F)F. The topological polar surface area (TPSA) is 172 Å². The number of phenols is 1. The number of aromatic amines is 1. The lowest BCUT2D eigenvalue weighted by Crippen LogP contribution is -2.45. The molecule has 3 aromatic rings. The summed E-state index contributed by atoms with van der Waals surface area (Å²) in [5.41, 5.74) is 1.95. The smallest absolute Gasteiger partial charge is 0.490 e. The van der Waals surface area contributed by atoms with Crippen LogP contribution in [0, 0.1) is 11.6 Å². The Kier molecular flexibility index (Phi) is 17.6. The van der Waals surface area contributed by atoms with Crippen LogP contribution in [-0.4, -0.2) is 94.2 Å². The molecule has 0 saturated heterocycles. The maximum atomic E-state index is 13.4. The second-order valence-corrected chi connectivity index (χ2v) is 11.8. The quantitative estimate of drug-likeness (QED) is 0.0999. The molecule has 1 heterocycles. The van der Waals surface area contributed by atoms with Gasteiger partial charge in [0.15, 0.2) is 11.6 Å². The molecule has 1 saturated carbocycles. The number of amides is 1. The largest absolute Gasteiger partial charge is 0.506 e. The zero-order chi connectivity index (χ0) is 39.8. The van der Waals surface area contributed by atoms with Crippen molar-refractivity contribution in [1.82, 2.24) is 20.5 Å². The first-order valence-electron chi connectivity index (χ1n) is 16.4. The average molecular weight is 769 g/mol. The van der Waals surface area contributed by atoms with E-state index < -0.39 is 35.9 Å². The summed E-state index contributed by atoms with van der Waals surface area (Å²) in [4.78, 5) is 47.3. The summed E-state index contributed by atoms with van der Waals surface area (Å²) in [6.45, 7) is 3.15. The normalized spacial score (nSPS) is 13.4. The minimum Gasteiger partial charge on any atom is -0.506 e. The van der Waals surface area contributed by atoms with Gasteiger partial charge >= 0.3 is 24.3 Å². The summed E-state index contributed by atoms with van der Waals surface area (Å²) in [7, 11) is 0. The fraction of sp³-hybridized carbons (Fsp3) is 0.471. The lowest BCUT2D eigenvalue weighted by molar-refractivity contribution is -0.193. The second-order valence-electron chi connectivity index (χ2n) is 11.8. The predicted octanol–water partition coefficient (Wildman–Crippen LogP) is 5.29. The van der Waals surface area contributed by atoms with E-state index in [2.05, 4.69) is 15.6 Å². The van der Waals surface area contributed by atoms with Gasteiger partial charge in [-0.2, -0.15) is 26.3 Å². The molecule has 1 amide bonds. The van der Waals surface area contributed by atoms with Gasteiger partial charge in [-0.15, -0.1) is 0 Å². The Morgan fingerprint density at radius 3 is 1.94 bits per heavy atom. The number of carboxylic acids is 2. The van der Waals surface area contributed by atoms with Gasteiger partial charge in [-0.1, -0.05) is 31.4 Å². The Hall–Kier alpha value is -4.78. The van der Waals surface area contributed by atoms with Crippen molar-refractivity contribution in [3.05, 3.63) is 75.6 Å². The van der Waals surface area contributed by atoms with Crippen LogP contribution in [0.3, 0.4) is 0 Å². The number of benzene rings is 2. The number of carbonyl (C=O) groups is 3. The molecular formula is C34H40F8N4O7. The standard InChI is InChI=1S/C30H38F2N4O3.2C2HF3O2/c31-25-9-6-21(20-26(25)32)12-15-33-17-14-29(39)36(23-4-2-1-3-5-23)19-18-34-16-13-22-7-10-27(37)30-24(22)8-11-28(38)35-30;2*3-2(4,5)1(6)7/h6-11,20,23,33-34,37H,1-5,12-19H2,(H,35,38);2*(H,6,7). The first-order chi connectivity index (χ1) is 24.8. The Morgan fingerprint density at radius 2 is 1.36 bits per heavy atom. The van der Waals surface area contributed by atoms with Crippen molar-refractivity contribution < 1.29 is 64.8 Å². The number of H-pyrrole nitrogens is 1. The number of aromatic nitrogens is 1. The molecule has 0 spiro atoms. The third kappa shape index (κ3) is 15.8. The minimum absolute atomic E-state index is 0.0555. The van der Waals surface area contributed by atoms with E-state index in [1.165, 1.54) is 18.6 Å². The van der Waals surface area contributed by atoms with Gasteiger partial charge in [-0.3, -0.25) is 9.59 Å². The monoisotopic (exact) mass is 768 g/mol. The highest BCUT2D eigenvalue weighted by atomic mass is 19.4. The Morgan fingerprint density at radius 1 is 0.774 bits per heavy atom. The van der Waals surface area contributed by atoms with Crippen LogP contribution in [0.25, 0.3) is 10.9 Å². The van der Waals surface area contributed by atoms with Crippen molar-refractivity contribution in [1.29, 1.82) is 0 Å². The van der Waals surface area contributed by atoms with Crippen molar-refractivity contribution in [2.45, 2.75) is 69.8 Å². The number of carboxylic acid groups (broad SMARTS) is 2. The molecule has 1 aromatic heterocycles. The van der Waals surface area contributed by atoms with Crippen molar-refractivity contribution >= 4 is 28.7 Å². The van der Waals surface area contributed by atoms with Crippen LogP contribution in [0.4, 0.5) is 35.1 Å². The van der Waals surface area contributed by atoms with Crippen LogP contribution < -0.4 is 16.2 Å². The van der Waals surface area contributed by atoms with Crippen LogP contribution in [0.2, 0.25) is 0 Å². The van der Waals surface area contributed by atoms with Crippen LogP contribution in [-0.2, 0) is 27.2 Å². The third-order valence-corrected chi connectivity index (χ3v) is 7.97. The van der Waals surface area contributed by atoms with Crippen LogP contribution in [0.5, 0.6) is 5.75 Å². The molecule has 53 heavy (non-hydrogen) atoms. The number of aromatic hydroxyl groups is 1. The number of hydrogen-bond donors (Lipinski definition) is 6. The lowest BCUT2D eigenvalue weighted by atomic mass is 9.94. The number of carbonyl (C=O) groups excluding carboxylic acids is 1. The molecule has 19 heteroatoms. The summed E-state index contributed by atoms with van der Waals surface area (Å²) in [6, 6.07) is 10.9. The molecule has 0 unspecified atom stereocenters. The van der Waals surface area contributed by atoms with E-state index in [-0.39, 0.29) is 23.3 Å². The number of phenolic OH excluding ortho intramolecular Hbond substituents is 1. The maximum absolute atomic E-state index is 13.4. The van der Waals surface area contributed by atoms with Gasteiger partial charge in [0.05, 0.1) is 5.52 Å². The van der Waals surface area contributed by atoms with Gasteiger partial charge in [0.1, 0.15) is 5.75 Å². The molecule has 1 fully saturated rings. The van der Waals surface area contributed by atoms with Gasteiger partial charge < -0.3 is 35.8 Å². The first kappa shape index (κ1) is 44.4.